The largest absolute Gasteiger partial charge is 0.489 e. The van der Waals surface area contributed by atoms with Gasteiger partial charge in [-0.1, -0.05) is 31.2 Å². The topological polar surface area (TPSA) is 53.6 Å². The summed E-state index contributed by atoms with van der Waals surface area (Å²) in [6.07, 6.45) is 16.1. The summed E-state index contributed by atoms with van der Waals surface area (Å²) in [4.78, 5) is 13.4. The molecule has 6 heteroatoms. The molecule has 3 aliphatic rings. The molecule has 214 valence electrons. The fourth-order valence-corrected chi connectivity index (χ4v) is 5.72. The Morgan fingerprint density at radius 1 is 1.15 bits per heavy atom. The van der Waals surface area contributed by atoms with E-state index in [4.69, 9.17) is 9.47 Å². The number of carbonyl (C=O) groups is 1. The lowest BCUT2D eigenvalue weighted by atomic mass is 9.97. The summed E-state index contributed by atoms with van der Waals surface area (Å²) in [6.45, 7) is 11.9. The maximum atomic E-state index is 13.4. The third-order valence-electron chi connectivity index (χ3n) is 8.14. The highest BCUT2D eigenvalue weighted by molar-refractivity contribution is 6.21. The van der Waals surface area contributed by atoms with Crippen LogP contribution in [0.5, 0.6) is 5.75 Å². The molecule has 1 amide bonds. The van der Waals surface area contributed by atoms with Crippen molar-refractivity contribution in [3.05, 3.63) is 94.2 Å². The van der Waals surface area contributed by atoms with Crippen LogP contribution in [-0.4, -0.2) is 53.2 Å². The third-order valence-corrected chi connectivity index (χ3v) is 8.14. The molecule has 1 unspecified atom stereocenters. The first kappa shape index (κ1) is 28.7. The molecule has 0 aromatic heterocycles. The van der Waals surface area contributed by atoms with Gasteiger partial charge < -0.3 is 14.8 Å². The van der Waals surface area contributed by atoms with Gasteiger partial charge in [-0.2, -0.15) is 0 Å². The number of likely N-dealkylation sites (N-methyl/N-ethyl adjacent to an activating group) is 1. The molecule has 1 atom stereocenters. The molecule has 0 saturated carbocycles. The molecule has 0 aliphatic carbocycles. The van der Waals surface area contributed by atoms with Crippen LogP contribution in [0.1, 0.15) is 74.0 Å². The third kappa shape index (κ3) is 6.94. The first-order valence-electron chi connectivity index (χ1n) is 15.0. The second kappa shape index (κ2) is 13.3. The molecule has 3 aliphatic heterocycles. The number of ether oxygens (including phenoxy) is 2. The van der Waals surface area contributed by atoms with Gasteiger partial charge in [-0.25, -0.2) is 9.15 Å². The molecule has 2 aromatic rings. The van der Waals surface area contributed by atoms with E-state index in [2.05, 4.69) is 77.3 Å². The van der Waals surface area contributed by atoms with E-state index in [-0.39, 0.29) is 12.0 Å². The number of piperidine rings is 1. The van der Waals surface area contributed by atoms with E-state index in [0.29, 0.717) is 31.4 Å². The number of fused-ring (bicyclic) bond motifs is 1. The minimum atomic E-state index is -0.0745. The van der Waals surface area contributed by atoms with Gasteiger partial charge in [0, 0.05) is 17.7 Å². The highest BCUT2D eigenvalue weighted by Gasteiger charge is 2.30. The number of nitrogens with one attached hydrogen (secondary N) is 1. The summed E-state index contributed by atoms with van der Waals surface area (Å²) >= 11 is 0. The molecular weight excluding hydrogens is 510 g/mol. The molecule has 2 aromatic carbocycles. The first-order valence-corrected chi connectivity index (χ1v) is 15.0. The molecule has 0 spiro atoms. The lowest BCUT2D eigenvalue weighted by Gasteiger charge is -2.19. The van der Waals surface area contributed by atoms with Gasteiger partial charge in [-0.05, 0) is 79.3 Å². The summed E-state index contributed by atoms with van der Waals surface area (Å²) in [7, 11) is 0. The van der Waals surface area contributed by atoms with Crippen LogP contribution in [0.3, 0.4) is 0 Å². The van der Waals surface area contributed by atoms with Crippen LogP contribution in [0.15, 0.2) is 66.4 Å². The average molecular weight is 554 g/mol. The van der Waals surface area contributed by atoms with Gasteiger partial charge in [0.15, 0.2) is 24.7 Å². The predicted octanol–water partition coefficient (Wildman–Crippen LogP) is 5.88. The van der Waals surface area contributed by atoms with E-state index >= 15 is 0 Å². The van der Waals surface area contributed by atoms with Crippen molar-refractivity contribution >= 4 is 23.9 Å². The van der Waals surface area contributed by atoms with E-state index in [0.717, 1.165) is 60.4 Å². The summed E-state index contributed by atoms with van der Waals surface area (Å²) in [5.41, 5.74) is 7.24. The van der Waals surface area contributed by atoms with Gasteiger partial charge in [0.05, 0.1) is 31.6 Å². The number of benzene rings is 2. The molecule has 1 saturated heterocycles. The molecule has 3 heterocycles. The second-order valence-corrected chi connectivity index (χ2v) is 11.1. The van der Waals surface area contributed by atoms with Crippen LogP contribution in [0, 0.1) is 6.92 Å². The van der Waals surface area contributed by atoms with Gasteiger partial charge in [0.2, 0.25) is 0 Å². The lowest BCUT2D eigenvalue weighted by Crippen LogP contribution is -2.37. The zero-order valence-corrected chi connectivity index (χ0v) is 24.9. The minimum Gasteiger partial charge on any atom is -0.489 e. The molecular formula is C35H43N3O3+2. The van der Waals surface area contributed by atoms with E-state index in [1.807, 2.05) is 38.1 Å². The molecule has 41 heavy (non-hydrogen) atoms. The van der Waals surface area contributed by atoms with Gasteiger partial charge >= 0.3 is 0 Å². The van der Waals surface area contributed by atoms with Gasteiger partial charge in [-0.3, -0.25) is 4.79 Å². The molecule has 1 N–H and O–H groups in total. The van der Waals surface area contributed by atoms with Crippen LogP contribution in [0.2, 0.25) is 0 Å². The number of hydrogen-bond donors (Lipinski definition) is 1. The first-order chi connectivity index (χ1) is 19.9. The highest BCUT2D eigenvalue weighted by atomic mass is 16.5. The maximum absolute atomic E-state index is 13.4. The number of aryl methyl sites for hydroxylation is 1. The van der Waals surface area contributed by atoms with Crippen LogP contribution < -0.4 is 10.1 Å². The number of allylic oxidation sites excluding steroid dienone is 4. The van der Waals surface area contributed by atoms with Gasteiger partial charge in [-0.15, -0.1) is 0 Å². The summed E-state index contributed by atoms with van der Waals surface area (Å²) in [6, 6.07) is 13.0. The van der Waals surface area contributed by atoms with Crippen LogP contribution >= 0.6 is 0 Å². The SMILES string of the molecule is CC/C=C(C=[N+]1CCC([N+]2=CC=C2)CC1)/C=C(/C(=O)NCC)c1cc(OCc2ccc3c(c2)C(C)OC3)ccc1C. The van der Waals surface area contributed by atoms with Crippen LogP contribution in [-0.2, 0) is 22.7 Å². The molecule has 1 fully saturated rings. The van der Waals surface area contributed by atoms with Crippen molar-refractivity contribution < 1.29 is 23.4 Å². The number of hydrogen-bond acceptors (Lipinski definition) is 3. The number of carbonyl (C=O) groups excluding carboxylic acids is 1. The van der Waals surface area contributed by atoms with Crippen LogP contribution in [0.25, 0.3) is 5.57 Å². The molecule has 5 rings (SSSR count). The molecule has 0 bridgehead atoms. The van der Waals surface area contributed by atoms with E-state index in [1.54, 1.807) is 0 Å². The van der Waals surface area contributed by atoms with Crippen molar-refractivity contribution in [1.82, 2.24) is 5.32 Å². The Hall–Kier alpha value is -3.77. The number of nitrogens with zero attached hydrogens (tertiary/aromatic N) is 2. The molecule has 6 nitrogen and oxygen atoms in total. The fraction of sp³-hybridized carbons (Fsp3) is 0.400. The van der Waals surface area contributed by atoms with Crippen molar-refractivity contribution in [3.63, 3.8) is 0 Å². The van der Waals surface area contributed by atoms with E-state index < -0.39 is 0 Å². The zero-order chi connectivity index (χ0) is 28.8. The Bertz CT molecular complexity index is 1440. The zero-order valence-electron chi connectivity index (χ0n) is 24.9. The standard InChI is InChI=1S/C35H42N3O3/c1-5-8-27(22-37-17-13-30(14-18-37)38-15-7-16-38)19-34(35(39)36-6-2)32-21-31(12-9-25(32)3)41-23-28-10-11-29-24-40-26(4)33(29)20-28/h7-12,15-16,19-22,26,30H,5-6,13-14,17-18,23-24H2,1-4H3/q+1/p+1/b27-8-,34-19+,37-22?. The monoisotopic (exact) mass is 553 g/mol. The average Bonchev–Trinajstić information content (AvgIpc) is 3.31. The maximum Gasteiger partial charge on any atom is 0.251 e. The Kier molecular flexibility index (Phi) is 9.30. The van der Waals surface area contributed by atoms with Gasteiger partial charge in [0.25, 0.3) is 5.91 Å². The Morgan fingerprint density at radius 3 is 2.66 bits per heavy atom. The van der Waals surface area contributed by atoms with Crippen LogP contribution in [0.4, 0.5) is 0 Å². The highest BCUT2D eigenvalue weighted by Crippen LogP contribution is 2.31. The van der Waals surface area contributed by atoms with Crippen molar-refractivity contribution in [3.8, 4) is 5.75 Å². The Labute approximate surface area is 244 Å². The van der Waals surface area contributed by atoms with Crippen molar-refractivity contribution in [2.45, 2.75) is 72.3 Å². The van der Waals surface area contributed by atoms with E-state index in [9.17, 15) is 4.79 Å². The quantitative estimate of drug-likeness (QED) is 0.227. The summed E-state index contributed by atoms with van der Waals surface area (Å²) in [5, 5.41) is 3.03. The second-order valence-electron chi connectivity index (χ2n) is 11.1. The van der Waals surface area contributed by atoms with Crippen molar-refractivity contribution in [1.29, 1.82) is 0 Å². The van der Waals surface area contributed by atoms with Crippen molar-refractivity contribution in [2.75, 3.05) is 19.6 Å². The number of amides is 1. The fourth-order valence-electron chi connectivity index (χ4n) is 5.72. The lowest BCUT2D eigenvalue weighted by molar-refractivity contribution is -0.582. The normalized spacial score (nSPS) is 20.3. The van der Waals surface area contributed by atoms with E-state index in [1.165, 1.54) is 11.1 Å². The predicted molar refractivity (Wildman–Crippen MR) is 165 cm³/mol. The molecule has 0 radical (unpaired) electrons. The number of rotatable bonds is 10. The van der Waals surface area contributed by atoms with Gasteiger partial charge in [0.1, 0.15) is 25.4 Å². The summed E-state index contributed by atoms with van der Waals surface area (Å²) in [5.74, 6) is 0.670. The Balaban J connectivity index is 1.37. The minimum absolute atomic E-state index is 0.0745. The summed E-state index contributed by atoms with van der Waals surface area (Å²) < 4.78 is 16.7. The smallest absolute Gasteiger partial charge is 0.251 e. The Morgan fingerprint density at radius 2 is 1.95 bits per heavy atom. The van der Waals surface area contributed by atoms with Crippen molar-refractivity contribution in [2.24, 2.45) is 0 Å².